The van der Waals surface area contributed by atoms with Crippen LogP contribution in [0.5, 0.6) is 0 Å². The number of piperazine rings is 1. The number of aromatic nitrogens is 1. The van der Waals surface area contributed by atoms with Crippen molar-refractivity contribution in [3.63, 3.8) is 0 Å². The van der Waals surface area contributed by atoms with Gasteiger partial charge in [-0.25, -0.2) is 4.98 Å². The first-order valence-corrected chi connectivity index (χ1v) is 10.2. The van der Waals surface area contributed by atoms with Gasteiger partial charge in [-0.2, -0.15) is 0 Å². The molecule has 28 heavy (non-hydrogen) atoms. The summed E-state index contributed by atoms with van der Waals surface area (Å²) < 4.78 is 0. The van der Waals surface area contributed by atoms with Gasteiger partial charge in [0.15, 0.2) is 0 Å². The highest BCUT2D eigenvalue weighted by molar-refractivity contribution is 5.78. The van der Waals surface area contributed by atoms with Crippen molar-refractivity contribution in [2.75, 3.05) is 38.1 Å². The molecule has 1 aliphatic heterocycles. The van der Waals surface area contributed by atoms with Crippen LogP contribution in [-0.4, -0.2) is 49.0 Å². The lowest BCUT2D eigenvalue weighted by atomic mass is 10.0. The Kier molecular flexibility index (Phi) is 7.04. The van der Waals surface area contributed by atoms with Crippen molar-refractivity contribution in [1.82, 2.24) is 15.2 Å². The molecule has 1 saturated heterocycles. The zero-order chi connectivity index (χ0) is 19.9. The van der Waals surface area contributed by atoms with Crippen LogP contribution in [0.15, 0.2) is 42.6 Å². The second-order valence-corrected chi connectivity index (χ2v) is 8.14. The van der Waals surface area contributed by atoms with Gasteiger partial charge in [0.2, 0.25) is 5.91 Å². The lowest BCUT2D eigenvalue weighted by Crippen LogP contribution is -2.45. The largest absolute Gasteiger partial charge is 0.354 e. The molecule has 150 valence electrons. The molecule has 0 aliphatic carbocycles. The van der Waals surface area contributed by atoms with Crippen molar-refractivity contribution in [3.8, 4) is 0 Å². The molecule has 5 nitrogen and oxygen atoms in total. The van der Waals surface area contributed by atoms with Crippen LogP contribution in [0.2, 0.25) is 0 Å². The number of carbonyl (C=O) groups excluding carboxylic acids is 1. The highest BCUT2D eigenvalue weighted by atomic mass is 16.1. The summed E-state index contributed by atoms with van der Waals surface area (Å²) in [6.45, 7) is 8.96. The molecular formula is C23H32N4O. The van der Waals surface area contributed by atoms with E-state index in [9.17, 15) is 4.79 Å². The molecule has 3 rings (SSSR count). The standard InChI is InChI=1S/C23H32N4O/c1-18(2)15-19-6-8-20(9-7-19)16-22(28)25-17-21-5-4-10-24-23(21)27-13-11-26(3)12-14-27/h4-10,18H,11-17H2,1-3H3,(H,25,28). The smallest absolute Gasteiger partial charge is 0.224 e. The van der Waals surface area contributed by atoms with Crippen LogP contribution in [-0.2, 0) is 24.2 Å². The summed E-state index contributed by atoms with van der Waals surface area (Å²) in [5.74, 6) is 1.68. The predicted octanol–water partition coefficient (Wildman–Crippen LogP) is 2.89. The second kappa shape index (κ2) is 9.69. The molecule has 1 aromatic heterocycles. The van der Waals surface area contributed by atoms with Crippen LogP contribution in [0.3, 0.4) is 0 Å². The van der Waals surface area contributed by atoms with E-state index in [1.807, 2.05) is 12.3 Å². The molecule has 0 saturated carbocycles. The highest BCUT2D eigenvalue weighted by Crippen LogP contribution is 2.18. The van der Waals surface area contributed by atoms with Gasteiger partial charge >= 0.3 is 0 Å². The Labute approximate surface area is 168 Å². The maximum absolute atomic E-state index is 12.4. The third kappa shape index (κ3) is 5.80. The van der Waals surface area contributed by atoms with Gasteiger partial charge in [0, 0.05) is 44.5 Å². The summed E-state index contributed by atoms with van der Waals surface area (Å²) in [6.07, 6.45) is 3.31. The fourth-order valence-electron chi connectivity index (χ4n) is 3.58. The minimum atomic E-state index is 0.0461. The molecule has 0 unspecified atom stereocenters. The topological polar surface area (TPSA) is 48.5 Å². The molecule has 0 bridgehead atoms. The first-order chi connectivity index (χ1) is 13.5. The van der Waals surface area contributed by atoms with E-state index in [-0.39, 0.29) is 5.91 Å². The van der Waals surface area contributed by atoms with Crippen LogP contribution < -0.4 is 10.2 Å². The third-order valence-electron chi connectivity index (χ3n) is 5.18. The number of hydrogen-bond acceptors (Lipinski definition) is 4. The number of anilines is 1. The average Bonchev–Trinajstić information content (AvgIpc) is 2.68. The Morgan fingerprint density at radius 2 is 1.75 bits per heavy atom. The van der Waals surface area contributed by atoms with Crippen LogP contribution in [0, 0.1) is 5.92 Å². The molecule has 5 heteroatoms. The zero-order valence-corrected chi connectivity index (χ0v) is 17.3. The van der Waals surface area contributed by atoms with Crippen LogP contribution >= 0.6 is 0 Å². The van der Waals surface area contributed by atoms with Crippen molar-refractivity contribution in [2.24, 2.45) is 5.92 Å². The molecule has 0 atom stereocenters. The zero-order valence-electron chi connectivity index (χ0n) is 17.3. The summed E-state index contributed by atoms with van der Waals surface area (Å²) >= 11 is 0. The van der Waals surface area contributed by atoms with E-state index in [1.165, 1.54) is 5.56 Å². The predicted molar refractivity (Wildman–Crippen MR) is 114 cm³/mol. The van der Waals surface area contributed by atoms with E-state index in [0.717, 1.165) is 49.5 Å². The summed E-state index contributed by atoms with van der Waals surface area (Å²) in [5, 5.41) is 3.07. The third-order valence-corrected chi connectivity index (χ3v) is 5.18. The highest BCUT2D eigenvalue weighted by Gasteiger charge is 2.18. The minimum Gasteiger partial charge on any atom is -0.354 e. The molecule has 1 N–H and O–H groups in total. The molecule has 1 aromatic carbocycles. The van der Waals surface area contributed by atoms with E-state index < -0.39 is 0 Å². The monoisotopic (exact) mass is 380 g/mol. The summed E-state index contributed by atoms with van der Waals surface area (Å²) in [7, 11) is 2.15. The molecule has 1 aliphatic rings. The second-order valence-electron chi connectivity index (χ2n) is 8.14. The van der Waals surface area contributed by atoms with Crippen molar-refractivity contribution in [2.45, 2.75) is 33.2 Å². The molecule has 1 amide bonds. The van der Waals surface area contributed by atoms with Crippen LogP contribution in [0.1, 0.15) is 30.5 Å². The van der Waals surface area contributed by atoms with Crippen molar-refractivity contribution in [1.29, 1.82) is 0 Å². The number of hydrogen-bond donors (Lipinski definition) is 1. The Bertz CT molecular complexity index is 764. The number of benzene rings is 1. The molecule has 1 fully saturated rings. The summed E-state index contributed by atoms with van der Waals surface area (Å²) in [6, 6.07) is 12.4. The first kappa shape index (κ1) is 20.3. The lowest BCUT2D eigenvalue weighted by molar-refractivity contribution is -0.120. The Morgan fingerprint density at radius 1 is 1.07 bits per heavy atom. The number of pyridine rings is 1. The van der Waals surface area contributed by atoms with Crippen LogP contribution in [0.4, 0.5) is 5.82 Å². The maximum Gasteiger partial charge on any atom is 0.224 e. The fourth-order valence-corrected chi connectivity index (χ4v) is 3.58. The number of nitrogens with one attached hydrogen (secondary N) is 1. The van der Waals surface area contributed by atoms with Crippen molar-refractivity contribution >= 4 is 11.7 Å². The lowest BCUT2D eigenvalue weighted by Gasteiger charge is -2.34. The van der Waals surface area contributed by atoms with E-state index >= 15 is 0 Å². The quantitative estimate of drug-likeness (QED) is 0.802. The van der Waals surface area contributed by atoms with Crippen LogP contribution in [0.25, 0.3) is 0 Å². The van der Waals surface area contributed by atoms with Gasteiger partial charge in [-0.3, -0.25) is 4.79 Å². The molecule has 0 spiro atoms. The Hall–Kier alpha value is -2.40. The maximum atomic E-state index is 12.4. The van der Waals surface area contributed by atoms with Gasteiger partial charge in [-0.1, -0.05) is 44.2 Å². The minimum absolute atomic E-state index is 0.0461. The fraction of sp³-hybridized carbons (Fsp3) is 0.478. The number of nitrogens with zero attached hydrogens (tertiary/aromatic N) is 3. The Balaban J connectivity index is 1.55. The first-order valence-electron chi connectivity index (χ1n) is 10.2. The van der Waals surface area contributed by atoms with E-state index in [2.05, 4.69) is 71.3 Å². The van der Waals surface area contributed by atoms with Gasteiger partial charge in [0.05, 0.1) is 6.42 Å². The Morgan fingerprint density at radius 3 is 2.43 bits per heavy atom. The van der Waals surface area contributed by atoms with E-state index in [1.54, 1.807) is 0 Å². The van der Waals surface area contributed by atoms with E-state index in [4.69, 9.17) is 0 Å². The molecule has 0 radical (unpaired) electrons. The molecule has 2 heterocycles. The summed E-state index contributed by atoms with van der Waals surface area (Å²) in [4.78, 5) is 21.6. The number of amides is 1. The van der Waals surface area contributed by atoms with E-state index in [0.29, 0.717) is 18.9 Å². The number of rotatable bonds is 7. The average molecular weight is 381 g/mol. The summed E-state index contributed by atoms with van der Waals surface area (Å²) in [5.41, 5.74) is 3.45. The van der Waals surface area contributed by atoms with Gasteiger partial charge < -0.3 is 15.1 Å². The van der Waals surface area contributed by atoms with Gasteiger partial charge in [0.1, 0.15) is 5.82 Å². The van der Waals surface area contributed by atoms with Crippen molar-refractivity contribution in [3.05, 3.63) is 59.3 Å². The molecular weight excluding hydrogens is 348 g/mol. The van der Waals surface area contributed by atoms with Gasteiger partial charge in [-0.05, 0) is 36.6 Å². The van der Waals surface area contributed by atoms with Gasteiger partial charge in [-0.15, -0.1) is 0 Å². The molecule has 2 aromatic rings. The van der Waals surface area contributed by atoms with Crippen molar-refractivity contribution < 1.29 is 4.79 Å². The number of likely N-dealkylation sites (N-methyl/N-ethyl adjacent to an activating group) is 1. The SMILES string of the molecule is CC(C)Cc1ccc(CC(=O)NCc2cccnc2N2CCN(C)CC2)cc1. The van der Waals surface area contributed by atoms with Gasteiger partial charge in [0.25, 0.3) is 0 Å². The normalized spacial score (nSPS) is 15.1. The number of carbonyl (C=O) groups is 1.